The van der Waals surface area contributed by atoms with Crippen LogP contribution in [0.15, 0.2) is 41.3 Å². The zero-order valence-corrected chi connectivity index (χ0v) is 15.6. The average Bonchev–Trinajstić information content (AvgIpc) is 3.07. The van der Waals surface area contributed by atoms with Gasteiger partial charge in [-0.1, -0.05) is 17.7 Å². The van der Waals surface area contributed by atoms with Crippen molar-refractivity contribution in [3.8, 4) is 5.75 Å². The minimum Gasteiger partial charge on any atom is -0.482 e. The topological polar surface area (TPSA) is 128 Å². The molecular weight excluding hydrogens is 394 g/mol. The van der Waals surface area contributed by atoms with E-state index in [2.05, 4.69) is 5.32 Å². The monoisotopic (exact) mass is 409 g/mol. The van der Waals surface area contributed by atoms with Crippen LogP contribution in [0.1, 0.15) is 21.5 Å². The fourth-order valence-corrected chi connectivity index (χ4v) is 4.01. The maximum atomic E-state index is 12.7. The maximum absolute atomic E-state index is 12.7. The third-order valence-corrected chi connectivity index (χ3v) is 5.48. The summed E-state index contributed by atoms with van der Waals surface area (Å²) in [4.78, 5) is 23.0. The van der Waals surface area contributed by atoms with Crippen molar-refractivity contribution in [2.24, 2.45) is 5.73 Å². The first-order chi connectivity index (χ1) is 12.8. The second kappa shape index (κ2) is 7.55. The minimum atomic E-state index is -4.30. The summed E-state index contributed by atoms with van der Waals surface area (Å²) in [6, 6.07) is 8.77. The van der Waals surface area contributed by atoms with E-state index in [1.807, 2.05) is 4.72 Å². The van der Waals surface area contributed by atoms with Gasteiger partial charge in [0.05, 0.1) is 0 Å². The molecule has 1 aliphatic rings. The molecule has 0 unspecified atom stereocenters. The standard InChI is InChI=1S/C17H16ClN3O5S/c18-13-3-4-14(26-9-16(19)22)15(6-13)27(24,25)21-17(23)10-1-2-11-7-20-8-12(11)5-10/h1-6,20H,7-9H2,(H2,19,22)(H,21,23). The summed E-state index contributed by atoms with van der Waals surface area (Å²) >= 11 is 5.87. The fraction of sp³-hybridized carbons (Fsp3) is 0.176. The van der Waals surface area contributed by atoms with Crippen molar-refractivity contribution < 1.29 is 22.7 Å². The number of primary amides is 1. The Kier molecular flexibility index (Phi) is 5.36. The molecule has 2 amide bonds. The minimum absolute atomic E-state index is 0.123. The number of fused-ring (bicyclic) bond motifs is 1. The Morgan fingerprint density at radius 1 is 1.15 bits per heavy atom. The van der Waals surface area contributed by atoms with Crippen LogP contribution >= 0.6 is 11.6 Å². The highest BCUT2D eigenvalue weighted by atomic mass is 35.5. The lowest BCUT2D eigenvalue weighted by atomic mass is 10.1. The first-order valence-corrected chi connectivity index (χ1v) is 9.73. The number of hydrogen-bond acceptors (Lipinski definition) is 6. The van der Waals surface area contributed by atoms with E-state index < -0.39 is 28.4 Å². The lowest BCUT2D eigenvalue weighted by molar-refractivity contribution is -0.120. The molecule has 10 heteroatoms. The van der Waals surface area contributed by atoms with E-state index in [1.165, 1.54) is 12.1 Å². The van der Waals surface area contributed by atoms with Crippen molar-refractivity contribution in [1.82, 2.24) is 10.0 Å². The van der Waals surface area contributed by atoms with E-state index in [4.69, 9.17) is 22.1 Å². The van der Waals surface area contributed by atoms with Crippen LogP contribution in [0.5, 0.6) is 5.75 Å². The zero-order valence-electron chi connectivity index (χ0n) is 14.0. The Balaban J connectivity index is 1.87. The van der Waals surface area contributed by atoms with E-state index in [0.29, 0.717) is 13.1 Å². The molecule has 1 heterocycles. The van der Waals surface area contributed by atoms with E-state index in [9.17, 15) is 18.0 Å². The summed E-state index contributed by atoms with van der Waals surface area (Å²) in [5.41, 5.74) is 7.23. The van der Waals surface area contributed by atoms with Gasteiger partial charge >= 0.3 is 0 Å². The van der Waals surface area contributed by atoms with Crippen LogP contribution in [0.25, 0.3) is 0 Å². The largest absolute Gasteiger partial charge is 0.482 e. The third kappa shape index (κ3) is 4.38. The molecule has 0 radical (unpaired) electrons. The first-order valence-electron chi connectivity index (χ1n) is 7.86. The molecule has 0 fully saturated rings. The number of rotatable bonds is 6. The van der Waals surface area contributed by atoms with Crippen molar-refractivity contribution in [1.29, 1.82) is 0 Å². The smallest absolute Gasteiger partial charge is 0.268 e. The molecule has 0 spiro atoms. The number of carbonyl (C=O) groups is 2. The molecular formula is C17H16ClN3O5S. The van der Waals surface area contributed by atoms with Crippen LogP contribution in [0, 0.1) is 0 Å². The number of halogens is 1. The number of hydrogen-bond donors (Lipinski definition) is 3. The average molecular weight is 410 g/mol. The highest BCUT2D eigenvalue weighted by Crippen LogP contribution is 2.27. The SMILES string of the molecule is NC(=O)COc1ccc(Cl)cc1S(=O)(=O)NC(=O)c1ccc2c(c1)CNC2. The van der Waals surface area contributed by atoms with Gasteiger partial charge in [-0.2, -0.15) is 0 Å². The lowest BCUT2D eigenvalue weighted by Gasteiger charge is -2.13. The Labute approximate surface area is 160 Å². The van der Waals surface area contributed by atoms with E-state index in [0.717, 1.165) is 17.2 Å². The van der Waals surface area contributed by atoms with Gasteiger partial charge in [-0.05, 0) is 41.5 Å². The Morgan fingerprint density at radius 2 is 1.89 bits per heavy atom. The van der Waals surface area contributed by atoms with Gasteiger partial charge in [0, 0.05) is 23.7 Å². The third-order valence-electron chi connectivity index (χ3n) is 3.89. The number of amides is 2. The van der Waals surface area contributed by atoms with Crippen LogP contribution in [-0.2, 0) is 27.9 Å². The molecule has 2 aromatic carbocycles. The second-order valence-corrected chi connectivity index (χ2v) is 7.95. The molecule has 2 aromatic rings. The van der Waals surface area contributed by atoms with Crippen molar-refractivity contribution in [2.75, 3.05) is 6.61 Å². The van der Waals surface area contributed by atoms with Crippen molar-refractivity contribution in [3.05, 3.63) is 58.1 Å². The lowest BCUT2D eigenvalue weighted by Crippen LogP contribution is -2.31. The van der Waals surface area contributed by atoms with Crippen LogP contribution in [0.3, 0.4) is 0 Å². The normalized spacial score (nSPS) is 13.1. The molecule has 8 nitrogen and oxygen atoms in total. The van der Waals surface area contributed by atoms with Gasteiger partial charge in [-0.15, -0.1) is 0 Å². The number of sulfonamides is 1. The molecule has 0 saturated heterocycles. The maximum Gasteiger partial charge on any atom is 0.268 e. The van der Waals surface area contributed by atoms with E-state index in [-0.39, 0.29) is 21.2 Å². The summed E-state index contributed by atoms with van der Waals surface area (Å²) in [6.07, 6.45) is 0. The van der Waals surface area contributed by atoms with Gasteiger partial charge in [0.2, 0.25) is 0 Å². The number of nitrogens with two attached hydrogens (primary N) is 1. The summed E-state index contributed by atoms with van der Waals surface area (Å²) in [7, 11) is -4.30. The van der Waals surface area contributed by atoms with E-state index >= 15 is 0 Å². The fourth-order valence-electron chi connectivity index (χ4n) is 2.63. The Bertz CT molecular complexity index is 1020. The Morgan fingerprint density at radius 3 is 2.63 bits per heavy atom. The predicted molar refractivity (Wildman–Crippen MR) is 97.8 cm³/mol. The molecule has 0 atom stereocenters. The van der Waals surface area contributed by atoms with Crippen LogP contribution in [0.2, 0.25) is 5.02 Å². The van der Waals surface area contributed by atoms with Crippen molar-refractivity contribution in [2.45, 2.75) is 18.0 Å². The van der Waals surface area contributed by atoms with Gasteiger partial charge < -0.3 is 15.8 Å². The van der Waals surface area contributed by atoms with Crippen molar-refractivity contribution >= 4 is 33.4 Å². The van der Waals surface area contributed by atoms with Gasteiger partial charge in [-0.25, -0.2) is 13.1 Å². The number of benzene rings is 2. The van der Waals surface area contributed by atoms with Crippen molar-refractivity contribution in [3.63, 3.8) is 0 Å². The second-order valence-electron chi connectivity index (χ2n) is 5.87. The molecule has 27 heavy (non-hydrogen) atoms. The number of ether oxygens (including phenoxy) is 1. The summed E-state index contributed by atoms with van der Waals surface area (Å²) < 4.78 is 32.4. The van der Waals surface area contributed by atoms with Crippen LogP contribution in [-0.4, -0.2) is 26.8 Å². The quantitative estimate of drug-likeness (QED) is 0.651. The highest BCUT2D eigenvalue weighted by molar-refractivity contribution is 7.90. The molecule has 0 bridgehead atoms. The van der Waals surface area contributed by atoms with Gasteiger partial charge in [-0.3, -0.25) is 9.59 Å². The molecule has 3 rings (SSSR count). The summed E-state index contributed by atoms with van der Waals surface area (Å²) in [5.74, 6) is -1.70. The summed E-state index contributed by atoms with van der Waals surface area (Å²) in [5, 5.41) is 3.27. The van der Waals surface area contributed by atoms with Gasteiger partial charge in [0.1, 0.15) is 10.6 Å². The molecule has 1 aliphatic heterocycles. The molecule has 0 aromatic heterocycles. The Hall–Kier alpha value is -2.62. The highest BCUT2D eigenvalue weighted by Gasteiger charge is 2.24. The van der Waals surface area contributed by atoms with Crippen LogP contribution in [0.4, 0.5) is 0 Å². The predicted octanol–water partition coefficient (Wildman–Crippen LogP) is 0.926. The van der Waals surface area contributed by atoms with Gasteiger partial charge in [0.15, 0.2) is 6.61 Å². The number of carbonyl (C=O) groups excluding carboxylic acids is 2. The molecule has 142 valence electrons. The van der Waals surface area contributed by atoms with E-state index in [1.54, 1.807) is 18.2 Å². The zero-order chi connectivity index (χ0) is 19.6. The first kappa shape index (κ1) is 19.2. The molecule has 0 saturated carbocycles. The number of nitrogens with one attached hydrogen (secondary N) is 2. The molecule has 4 N–H and O–H groups in total. The van der Waals surface area contributed by atoms with Crippen LogP contribution < -0.4 is 20.5 Å². The molecule has 0 aliphatic carbocycles. The summed E-state index contributed by atoms with van der Waals surface area (Å²) in [6.45, 7) is 0.803. The van der Waals surface area contributed by atoms with Gasteiger partial charge in [0.25, 0.3) is 21.8 Å².